The molecule has 1 spiro atoms. The van der Waals surface area contributed by atoms with Gasteiger partial charge in [0, 0.05) is 6.61 Å². The molecular formula is C12H23NO. The van der Waals surface area contributed by atoms with Crippen molar-refractivity contribution in [1.29, 1.82) is 0 Å². The van der Waals surface area contributed by atoms with Crippen molar-refractivity contribution >= 4 is 0 Å². The summed E-state index contributed by atoms with van der Waals surface area (Å²) in [5, 5.41) is 3.46. The van der Waals surface area contributed by atoms with Gasteiger partial charge in [0.05, 0.1) is 6.10 Å². The normalized spacial score (nSPS) is 31.9. The highest BCUT2D eigenvalue weighted by atomic mass is 16.5. The Hall–Kier alpha value is -0.0800. The van der Waals surface area contributed by atoms with Crippen molar-refractivity contribution in [2.24, 2.45) is 5.41 Å². The molecule has 0 aliphatic carbocycles. The zero-order valence-corrected chi connectivity index (χ0v) is 9.35. The van der Waals surface area contributed by atoms with Gasteiger partial charge in [-0.1, -0.05) is 13.3 Å². The Labute approximate surface area is 87.4 Å². The van der Waals surface area contributed by atoms with Crippen molar-refractivity contribution in [3.05, 3.63) is 0 Å². The minimum atomic E-state index is 0.562. The highest BCUT2D eigenvalue weighted by Crippen LogP contribution is 2.41. The number of ether oxygens (including phenoxy) is 1. The van der Waals surface area contributed by atoms with Crippen molar-refractivity contribution in [2.45, 2.75) is 51.6 Å². The lowest BCUT2D eigenvalue weighted by atomic mass is 9.71. The van der Waals surface area contributed by atoms with Gasteiger partial charge in [-0.15, -0.1) is 0 Å². The van der Waals surface area contributed by atoms with Crippen LogP contribution < -0.4 is 5.32 Å². The van der Waals surface area contributed by atoms with E-state index in [0.717, 1.165) is 6.61 Å². The lowest BCUT2D eigenvalue weighted by Crippen LogP contribution is -2.43. The summed E-state index contributed by atoms with van der Waals surface area (Å²) in [4.78, 5) is 0. The Morgan fingerprint density at radius 2 is 2.07 bits per heavy atom. The fourth-order valence-corrected chi connectivity index (χ4v) is 3.00. The van der Waals surface area contributed by atoms with Crippen LogP contribution in [0.2, 0.25) is 0 Å². The average molecular weight is 197 g/mol. The van der Waals surface area contributed by atoms with Crippen molar-refractivity contribution < 1.29 is 4.74 Å². The molecule has 82 valence electrons. The maximum absolute atomic E-state index is 5.83. The molecule has 2 heteroatoms. The van der Waals surface area contributed by atoms with Gasteiger partial charge in [-0.2, -0.15) is 0 Å². The van der Waals surface area contributed by atoms with E-state index in [0.29, 0.717) is 11.5 Å². The van der Waals surface area contributed by atoms with E-state index < -0.39 is 0 Å². The topological polar surface area (TPSA) is 21.3 Å². The summed E-state index contributed by atoms with van der Waals surface area (Å²) in [5.74, 6) is 0. The molecule has 14 heavy (non-hydrogen) atoms. The summed E-state index contributed by atoms with van der Waals surface area (Å²) in [6.45, 7) is 5.70. The molecule has 0 aromatic rings. The van der Waals surface area contributed by atoms with Gasteiger partial charge >= 0.3 is 0 Å². The van der Waals surface area contributed by atoms with E-state index in [1.54, 1.807) is 0 Å². The summed E-state index contributed by atoms with van der Waals surface area (Å²) in [6.07, 6.45) is 8.45. The molecule has 2 heterocycles. The molecule has 1 unspecified atom stereocenters. The van der Waals surface area contributed by atoms with Crippen LogP contribution in [0.3, 0.4) is 0 Å². The molecule has 2 rings (SSSR count). The SMILES string of the molecule is CCCC1CC2(CCNCC2)CCO1. The van der Waals surface area contributed by atoms with Crippen LogP contribution in [0.5, 0.6) is 0 Å². The second-order valence-electron chi connectivity index (χ2n) is 4.99. The molecule has 0 radical (unpaired) electrons. The van der Waals surface area contributed by atoms with Gasteiger partial charge in [-0.3, -0.25) is 0 Å². The van der Waals surface area contributed by atoms with Crippen LogP contribution in [0.15, 0.2) is 0 Å². The largest absolute Gasteiger partial charge is 0.378 e. The van der Waals surface area contributed by atoms with Gasteiger partial charge in [0.2, 0.25) is 0 Å². The number of nitrogens with one attached hydrogen (secondary N) is 1. The average Bonchev–Trinajstić information content (AvgIpc) is 2.19. The fourth-order valence-electron chi connectivity index (χ4n) is 3.00. The van der Waals surface area contributed by atoms with Gasteiger partial charge in [0.15, 0.2) is 0 Å². The number of hydrogen-bond donors (Lipinski definition) is 1. The number of piperidine rings is 1. The molecule has 0 aromatic carbocycles. The molecule has 0 aromatic heterocycles. The zero-order valence-electron chi connectivity index (χ0n) is 9.35. The van der Waals surface area contributed by atoms with Gasteiger partial charge in [0.1, 0.15) is 0 Å². The first-order valence-electron chi connectivity index (χ1n) is 6.17. The van der Waals surface area contributed by atoms with Crippen molar-refractivity contribution in [3.63, 3.8) is 0 Å². The summed E-state index contributed by atoms with van der Waals surface area (Å²) < 4.78 is 5.83. The zero-order chi connectivity index (χ0) is 9.86. The van der Waals surface area contributed by atoms with Crippen molar-refractivity contribution in [3.8, 4) is 0 Å². The maximum Gasteiger partial charge on any atom is 0.0580 e. The molecular weight excluding hydrogens is 174 g/mol. The van der Waals surface area contributed by atoms with E-state index in [1.807, 2.05) is 0 Å². The van der Waals surface area contributed by atoms with Crippen molar-refractivity contribution in [1.82, 2.24) is 5.32 Å². The van der Waals surface area contributed by atoms with Crippen molar-refractivity contribution in [2.75, 3.05) is 19.7 Å². The third-order valence-corrected chi connectivity index (χ3v) is 3.92. The standard InChI is InChI=1S/C12H23NO/c1-2-3-11-10-12(6-9-14-11)4-7-13-8-5-12/h11,13H,2-10H2,1H3. The molecule has 1 atom stereocenters. The summed E-state index contributed by atoms with van der Waals surface area (Å²) >= 11 is 0. The second-order valence-corrected chi connectivity index (χ2v) is 4.99. The molecule has 0 amide bonds. The predicted octanol–water partition coefficient (Wildman–Crippen LogP) is 2.34. The minimum Gasteiger partial charge on any atom is -0.378 e. The van der Waals surface area contributed by atoms with Crippen LogP contribution >= 0.6 is 0 Å². The van der Waals surface area contributed by atoms with E-state index in [9.17, 15) is 0 Å². The Kier molecular flexibility index (Phi) is 3.45. The van der Waals surface area contributed by atoms with E-state index in [2.05, 4.69) is 12.2 Å². The van der Waals surface area contributed by atoms with Gasteiger partial charge < -0.3 is 10.1 Å². The Bertz CT molecular complexity index is 168. The van der Waals surface area contributed by atoms with E-state index in [-0.39, 0.29) is 0 Å². The van der Waals surface area contributed by atoms with Crippen LogP contribution in [0.25, 0.3) is 0 Å². The van der Waals surface area contributed by atoms with Gasteiger partial charge in [-0.05, 0) is 50.6 Å². The lowest BCUT2D eigenvalue weighted by molar-refractivity contribution is -0.0625. The van der Waals surface area contributed by atoms with Crippen LogP contribution in [0.4, 0.5) is 0 Å². The van der Waals surface area contributed by atoms with Crippen LogP contribution in [0.1, 0.15) is 45.4 Å². The second kappa shape index (κ2) is 4.63. The smallest absolute Gasteiger partial charge is 0.0580 e. The third kappa shape index (κ3) is 2.29. The summed E-state index contributed by atoms with van der Waals surface area (Å²) in [6, 6.07) is 0. The molecule has 2 aliphatic heterocycles. The molecule has 1 N–H and O–H groups in total. The van der Waals surface area contributed by atoms with E-state index in [4.69, 9.17) is 4.74 Å². The quantitative estimate of drug-likeness (QED) is 0.733. The van der Waals surface area contributed by atoms with E-state index >= 15 is 0 Å². The number of rotatable bonds is 2. The van der Waals surface area contributed by atoms with Gasteiger partial charge in [0.25, 0.3) is 0 Å². The first-order valence-corrected chi connectivity index (χ1v) is 6.17. The highest BCUT2D eigenvalue weighted by Gasteiger charge is 2.37. The first-order chi connectivity index (χ1) is 6.85. The monoisotopic (exact) mass is 197 g/mol. The Morgan fingerprint density at radius 1 is 1.29 bits per heavy atom. The van der Waals surface area contributed by atoms with Gasteiger partial charge in [-0.25, -0.2) is 0 Å². The molecule has 2 aliphatic rings. The summed E-state index contributed by atoms with van der Waals surface area (Å²) in [5.41, 5.74) is 0.642. The predicted molar refractivity (Wildman–Crippen MR) is 58.4 cm³/mol. The Balaban J connectivity index is 1.91. The minimum absolute atomic E-state index is 0.562. The lowest BCUT2D eigenvalue weighted by Gasteiger charge is -2.43. The number of hydrogen-bond acceptors (Lipinski definition) is 2. The van der Waals surface area contributed by atoms with Crippen LogP contribution in [-0.4, -0.2) is 25.8 Å². The maximum atomic E-state index is 5.83. The highest BCUT2D eigenvalue weighted by molar-refractivity contribution is 4.89. The first kappa shape index (κ1) is 10.4. The molecule has 0 bridgehead atoms. The fraction of sp³-hybridized carbons (Fsp3) is 1.00. The molecule has 2 fully saturated rings. The van der Waals surface area contributed by atoms with Crippen LogP contribution in [-0.2, 0) is 4.74 Å². The summed E-state index contributed by atoms with van der Waals surface area (Å²) in [7, 11) is 0. The molecule has 2 saturated heterocycles. The molecule has 0 saturated carbocycles. The van der Waals surface area contributed by atoms with Crippen LogP contribution in [0, 0.1) is 5.41 Å². The Morgan fingerprint density at radius 3 is 2.79 bits per heavy atom. The molecule has 2 nitrogen and oxygen atoms in total. The third-order valence-electron chi connectivity index (χ3n) is 3.92. The van der Waals surface area contributed by atoms with E-state index in [1.165, 1.54) is 51.6 Å².